The van der Waals surface area contributed by atoms with Gasteiger partial charge >= 0.3 is 23.5 Å². The van der Waals surface area contributed by atoms with E-state index >= 15 is 0 Å². The van der Waals surface area contributed by atoms with Crippen molar-refractivity contribution >= 4 is 23.7 Å². The zero-order valence-corrected chi connectivity index (χ0v) is 25.4. The van der Waals surface area contributed by atoms with Crippen molar-refractivity contribution in [2.24, 2.45) is 5.92 Å². The Morgan fingerprint density at radius 3 is 1.80 bits per heavy atom. The summed E-state index contributed by atoms with van der Waals surface area (Å²) in [4.78, 5) is 63.6. The molecule has 10 heteroatoms. The van der Waals surface area contributed by atoms with E-state index in [9.17, 15) is 24.0 Å². The molecule has 0 fully saturated rings. The molecule has 0 radical (unpaired) electrons. The van der Waals surface area contributed by atoms with Crippen molar-refractivity contribution in [3.63, 3.8) is 0 Å². The second kappa shape index (κ2) is 13.9. The lowest BCUT2D eigenvalue weighted by Crippen LogP contribution is -2.21. The van der Waals surface area contributed by atoms with Gasteiger partial charge in [-0.25, -0.2) is 4.79 Å². The number of aryl methyl sites for hydroxylation is 1. The number of esters is 3. The van der Waals surface area contributed by atoms with Crippen LogP contribution in [-0.2, 0) is 33.6 Å². The van der Waals surface area contributed by atoms with Crippen LogP contribution in [0.15, 0.2) is 20.9 Å². The Balaban J connectivity index is 3.21. The summed E-state index contributed by atoms with van der Waals surface area (Å²) in [7, 11) is 1.31. The Morgan fingerprint density at radius 2 is 1.34 bits per heavy atom. The zero-order chi connectivity index (χ0) is 31.2. The highest BCUT2D eigenvalue weighted by atomic mass is 16.6. The highest BCUT2D eigenvalue weighted by Gasteiger charge is 2.34. The second-order valence-electron chi connectivity index (χ2n) is 10.1. The summed E-state index contributed by atoms with van der Waals surface area (Å²) in [6.45, 7) is 14.1. The van der Waals surface area contributed by atoms with Crippen molar-refractivity contribution in [3.05, 3.63) is 55.6 Å². The quantitative estimate of drug-likeness (QED) is 0.153. The van der Waals surface area contributed by atoms with Crippen LogP contribution in [0.1, 0.15) is 93.8 Å². The number of benzene rings is 1. The van der Waals surface area contributed by atoms with Gasteiger partial charge < -0.3 is 23.4 Å². The first-order valence-corrected chi connectivity index (χ1v) is 13.3. The lowest BCUT2D eigenvalue weighted by Gasteiger charge is -2.24. The number of carbonyl (C=O) groups excluding carboxylic acids is 4. The maximum Gasteiger partial charge on any atom is 0.343 e. The highest BCUT2D eigenvalue weighted by molar-refractivity contribution is 6.04. The van der Waals surface area contributed by atoms with Crippen LogP contribution in [0.4, 0.5) is 0 Å². The molecule has 0 saturated heterocycles. The second-order valence-corrected chi connectivity index (χ2v) is 10.1. The van der Waals surface area contributed by atoms with Crippen LogP contribution in [0.2, 0.25) is 0 Å². The molecule has 1 heterocycles. The number of rotatable bonds is 11. The Kier molecular flexibility index (Phi) is 11.2. The van der Waals surface area contributed by atoms with Crippen LogP contribution in [0.3, 0.4) is 0 Å². The van der Waals surface area contributed by atoms with E-state index in [0.29, 0.717) is 17.7 Å². The van der Waals surface area contributed by atoms with Crippen LogP contribution < -0.4 is 24.6 Å². The van der Waals surface area contributed by atoms with Crippen LogP contribution in [0.5, 0.6) is 23.0 Å². The molecule has 2 aromatic rings. The Labute approximate surface area is 239 Å². The number of allylic oxidation sites excluding steroid dienone is 2. The maximum atomic E-state index is 13.6. The summed E-state index contributed by atoms with van der Waals surface area (Å²) >= 11 is 0. The van der Waals surface area contributed by atoms with Gasteiger partial charge in [0.05, 0.1) is 12.7 Å². The first-order valence-electron chi connectivity index (χ1n) is 13.3. The van der Waals surface area contributed by atoms with Crippen LogP contribution in [-0.4, -0.2) is 30.8 Å². The van der Waals surface area contributed by atoms with Gasteiger partial charge in [-0.3, -0.25) is 19.2 Å². The average molecular weight is 571 g/mol. The molecule has 0 amide bonds. The van der Waals surface area contributed by atoms with Crippen LogP contribution in [0, 0.1) is 12.8 Å². The summed E-state index contributed by atoms with van der Waals surface area (Å²) in [6, 6.07) is 0. The largest absolute Gasteiger partial charge is 0.495 e. The summed E-state index contributed by atoms with van der Waals surface area (Å²) in [5.41, 5.74) is 0.876. The molecule has 0 aliphatic carbocycles. The normalized spacial score (nSPS) is 10.7. The smallest absolute Gasteiger partial charge is 0.343 e. The molecule has 0 atom stereocenters. The van der Waals surface area contributed by atoms with Crippen molar-refractivity contribution < 1.29 is 42.5 Å². The van der Waals surface area contributed by atoms with Crippen molar-refractivity contribution in [2.45, 2.75) is 81.6 Å². The Bertz CT molecular complexity index is 1450. The lowest BCUT2D eigenvalue weighted by molar-refractivity contribution is -0.133. The number of hydrogen-bond acceptors (Lipinski definition) is 10. The number of Topliss-reactive ketones (excluding diaryl/α,β-unsaturated/α-hetero) is 1. The van der Waals surface area contributed by atoms with Crippen molar-refractivity contribution in [1.29, 1.82) is 0 Å². The molecule has 0 spiro atoms. The van der Waals surface area contributed by atoms with Gasteiger partial charge in [0, 0.05) is 56.2 Å². The molecule has 222 valence electrons. The van der Waals surface area contributed by atoms with Gasteiger partial charge in [0.15, 0.2) is 11.5 Å². The van der Waals surface area contributed by atoms with E-state index in [-0.39, 0.29) is 58.1 Å². The van der Waals surface area contributed by atoms with Crippen molar-refractivity contribution in [2.75, 3.05) is 7.11 Å². The van der Waals surface area contributed by atoms with Gasteiger partial charge in [-0.15, -0.1) is 0 Å². The van der Waals surface area contributed by atoms with E-state index in [2.05, 4.69) is 0 Å². The van der Waals surface area contributed by atoms with E-state index in [4.69, 9.17) is 23.4 Å². The van der Waals surface area contributed by atoms with Crippen LogP contribution >= 0.6 is 0 Å². The Hall–Kier alpha value is -4.21. The molecule has 41 heavy (non-hydrogen) atoms. The van der Waals surface area contributed by atoms with Gasteiger partial charge in [-0.2, -0.15) is 0 Å². The van der Waals surface area contributed by atoms with E-state index in [1.54, 1.807) is 27.7 Å². The molecule has 0 aliphatic rings. The third-order valence-electron chi connectivity index (χ3n) is 6.15. The van der Waals surface area contributed by atoms with Crippen molar-refractivity contribution in [1.82, 2.24) is 0 Å². The van der Waals surface area contributed by atoms with Gasteiger partial charge in [0.1, 0.15) is 28.6 Å². The minimum Gasteiger partial charge on any atom is -0.495 e. The molecule has 0 saturated carbocycles. The predicted molar refractivity (Wildman–Crippen MR) is 151 cm³/mol. The molecule has 10 nitrogen and oxygen atoms in total. The fraction of sp³-hybridized carbons (Fsp3) is 0.452. The van der Waals surface area contributed by atoms with Gasteiger partial charge in [0.2, 0.25) is 0 Å². The fourth-order valence-electron chi connectivity index (χ4n) is 4.35. The number of ether oxygens (including phenoxy) is 4. The molecule has 1 aromatic heterocycles. The standard InChI is InChI=1S/C31H38O10/c1-11-24-17(6)27(38-18(7)32)23(31(36)41-24)14-22-28(39-19(8)33)21(13-12-15(2)3)30(40-20(9)34)25(29(22)37-10)26(35)16(4)5/h12,16H,11,13-14H2,1-10H3. The van der Waals surface area contributed by atoms with Crippen molar-refractivity contribution in [3.8, 4) is 23.0 Å². The first-order chi connectivity index (χ1) is 19.1. The third-order valence-corrected chi connectivity index (χ3v) is 6.15. The molecule has 1 aromatic carbocycles. The molecule has 2 rings (SSSR count). The molecule has 0 aliphatic heterocycles. The number of ketones is 1. The number of methoxy groups -OCH3 is 1. The maximum absolute atomic E-state index is 13.6. The topological polar surface area (TPSA) is 135 Å². The van der Waals surface area contributed by atoms with Gasteiger partial charge in [-0.05, 0) is 27.2 Å². The van der Waals surface area contributed by atoms with Crippen LogP contribution in [0.25, 0.3) is 0 Å². The summed E-state index contributed by atoms with van der Waals surface area (Å²) in [6.07, 6.45) is 1.99. The van der Waals surface area contributed by atoms with E-state index in [1.165, 1.54) is 27.9 Å². The fourth-order valence-corrected chi connectivity index (χ4v) is 4.35. The molecule has 0 bridgehead atoms. The van der Waals surface area contributed by atoms with E-state index < -0.39 is 35.2 Å². The lowest BCUT2D eigenvalue weighted by atomic mass is 9.89. The number of hydrogen-bond donors (Lipinski definition) is 0. The number of carbonyl (C=O) groups is 4. The Morgan fingerprint density at radius 1 is 0.805 bits per heavy atom. The summed E-state index contributed by atoms with van der Waals surface area (Å²) in [5, 5.41) is 0. The average Bonchev–Trinajstić information content (AvgIpc) is 2.86. The summed E-state index contributed by atoms with van der Waals surface area (Å²) in [5.74, 6) is -2.86. The van der Waals surface area contributed by atoms with Gasteiger partial charge in [0.25, 0.3) is 0 Å². The summed E-state index contributed by atoms with van der Waals surface area (Å²) < 4.78 is 28.0. The van der Waals surface area contributed by atoms with E-state index in [0.717, 1.165) is 5.57 Å². The minimum absolute atomic E-state index is 0.00748. The molecular weight excluding hydrogens is 532 g/mol. The molecule has 0 unspecified atom stereocenters. The molecule has 0 N–H and O–H groups in total. The minimum atomic E-state index is -0.772. The zero-order valence-electron chi connectivity index (χ0n) is 25.4. The monoisotopic (exact) mass is 570 g/mol. The SMILES string of the molecule is CCc1oc(=O)c(Cc2c(OC(C)=O)c(CC=C(C)C)c(OC(C)=O)c(C(=O)C(C)C)c2OC)c(OC(C)=O)c1C. The first kappa shape index (κ1) is 33.0. The van der Waals surface area contributed by atoms with Gasteiger partial charge in [-0.1, -0.05) is 32.4 Å². The highest BCUT2D eigenvalue weighted by Crippen LogP contribution is 2.47. The van der Waals surface area contributed by atoms with E-state index in [1.807, 2.05) is 19.9 Å². The third kappa shape index (κ3) is 7.71. The molecular formula is C31H38O10. The predicted octanol–water partition coefficient (Wildman–Crippen LogP) is 5.23.